The molecule has 114 valence electrons. The van der Waals surface area contributed by atoms with Gasteiger partial charge in [-0.05, 0) is 31.6 Å². The van der Waals surface area contributed by atoms with Crippen LogP contribution in [0, 0.1) is 5.92 Å². The lowest BCUT2D eigenvalue weighted by atomic mass is 10.4. The van der Waals surface area contributed by atoms with Crippen molar-refractivity contribution in [2.24, 2.45) is 5.92 Å². The van der Waals surface area contributed by atoms with Crippen LogP contribution in [0.5, 0.6) is 0 Å². The molecule has 0 radical (unpaired) electrons. The van der Waals surface area contributed by atoms with Gasteiger partial charge >= 0.3 is 0 Å². The Balaban J connectivity index is 2.11. The standard InChI is InChI=1S/C13H22ClN3O2S/c1-2-7-17(10-12-4-5-12)20(18,19)13-9-15-16(11-13)8-3-6-14/h9,11-12H,2-8,10H2,1H3. The minimum Gasteiger partial charge on any atom is -0.271 e. The molecule has 1 aromatic heterocycles. The average molecular weight is 320 g/mol. The number of rotatable bonds is 9. The van der Waals surface area contributed by atoms with Crippen LogP contribution < -0.4 is 0 Å². The van der Waals surface area contributed by atoms with E-state index in [9.17, 15) is 8.42 Å². The summed E-state index contributed by atoms with van der Waals surface area (Å²) in [7, 11) is -3.41. The first-order valence-electron chi connectivity index (χ1n) is 7.16. The first kappa shape index (κ1) is 15.8. The molecule has 0 spiro atoms. The van der Waals surface area contributed by atoms with Crippen LogP contribution in [0.1, 0.15) is 32.6 Å². The molecule has 1 saturated carbocycles. The molecule has 2 rings (SSSR count). The Morgan fingerprint density at radius 3 is 2.85 bits per heavy atom. The number of halogens is 1. The fraction of sp³-hybridized carbons (Fsp3) is 0.769. The van der Waals surface area contributed by atoms with Gasteiger partial charge in [0, 0.05) is 31.7 Å². The molecule has 1 aliphatic carbocycles. The van der Waals surface area contributed by atoms with Crippen LogP contribution >= 0.6 is 11.6 Å². The number of hydrogen-bond acceptors (Lipinski definition) is 3. The minimum absolute atomic E-state index is 0.293. The Labute approximate surface area is 126 Å². The van der Waals surface area contributed by atoms with Gasteiger partial charge in [0.25, 0.3) is 0 Å². The third kappa shape index (κ3) is 3.96. The van der Waals surface area contributed by atoms with Gasteiger partial charge in [-0.3, -0.25) is 4.68 Å². The largest absolute Gasteiger partial charge is 0.271 e. The highest BCUT2D eigenvalue weighted by Crippen LogP contribution is 2.31. The highest BCUT2D eigenvalue weighted by Gasteiger charge is 2.31. The van der Waals surface area contributed by atoms with Gasteiger partial charge in [0.2, 0.25) is 10.0 Å². The van der Waals surface area contributed by atoms with Gasteiger partial charge in [-0.25, -0.2) is 8.42 Å². The van der Waals surface area contributed by atoms with Crippen molar-refractivity contribution < 1.29 is 8.42 Å². The SMILES string of the molecule is CCCN(CC1CC1)S(=O)(=O)c1cnn(CCCCl)c1. The molecule has 0 saturated heterocycles. The van der Waals surface area contributed by atoms with Gasteiger partial charge in [-0.15, -0.1) is 11.6 Å². The Morgan fingerprint density at radius 2 is 2.25 bits per heavy atom. The third-order valence-electron chi connectivity index (χ3n) is 3.40. The number of aryl methyl sites for hydroxylation is 1. The molecule has 0 bridgehead atoms. The van der Waals surface area contributed by atoms with Crippen LogP contribution in [-0.4, -0.2) is 41.5 Å². The van der Waals surface area contributed by atoms with E-state index in [4.69, 9.17) is 11.6 Å². The normalized spacial score (nSPS) is 15.9. The maximum Gasteiger partial charge on any atom is 0.246 e. The van der Waals surface area contributed by atoms with E-state index in [1.807, 2.05) is 6.92 Å². The van der Waals surface area contributed by atoms with Crippen molar-refractivity contribution in [3.8, 4) is 0 Å². The number of hydrogen-bond donors (Lipinski definition) is 0. The second-order valence-electron chi connectivity index (χ2n) is 5.29. The van der Waals surface area contributed by atoms with Crippen molar-refractivity contribution in [3.05, 3.63) is 12.4 Å². The Hall–Kier alpha value is -0.590. The lowest BCUT2D eigenvalue weighted by Crippen LogP contribution is -2.33. The summed E-state index contributed by atoms with van der Waals surface area (Å²) < 4.78 is 28.5. The molecular weight excluding hydrogens is 298 g/mol. The maximum atomic E-state index is 12.6. The molecule has 5 nitrogen and oxygen atoms in total. The zero-order valence-corrected chi connectivity index (χ0v) is 13.4. The van der Waals surface area contributed by atoms with E-state index in [0.717, 1.165) is 25.7 Å². The molecule has 0 aromatic carbocycles. The van der Waals surface area contributed by atoms with E-state index in [0.29, 0.717) is 36.3 Å². The maximum absolute atomic E-state index is 12.6. The predicted molar refractivity (Wildman–Crippen MR) is 79.3 cm³/mol. The van der Waals surface area contributed by atoms with Gasteiger partial charge in [-0.2, -0.15) is 9.40 Å². The van der Waals surface area contributed by atoms with Crippen LogP contribution in [0.2, 0.25) is 0 Å². The fourth-order valence-corrected chi connectivity index (χ4v) is 3.80. The van der Waals surface area contributed by atoms with Crippen LogP contribution in [0.4, 0.5) is 0 Å². The summed E-state index contributed by atoms with van der Waals surface area (Å²) in [5.74, 6) is 1.09. The summed E-state index contributed by atoms with van der Waals surface area (Å²) >= 11 is 5.64. The fourth-order valence-electron chi connectivity index (χ4n) is 2.12. The van der Waals surface area contributed by atoms with Gasteiger partial charge in [0.15, 0.2) is 0 Å². The zero-order chi connectivity index (χ0) is 14.6. The van der Waals surface area contributed by atoms with Gasteiger partial charge in [0.1, 0.15) is 4.90 Å². The second-order valence-corrected chi connectivity index (χ2v) is 7.60. The first-order chi connectivity index (χ1) is 9.57. The molecule has 0 unspecified atom stereocenters. The van der Waals surface area contributed by atoms with Crippen LogP contribution in [0.15, 0.2) is 17.3 Å². The topological polar surface area (TPSA) is 55.2 Å². The first-order valence-corrected chi connectivity index (χ1v) is 9.14. The molecule has 0 N–H and O–H groups in total. The van der Waals surface area contributed by atoms with E-state index < -0.39 is 10.0 Å². The van der Waals surface area contributed by atoms with Crippen LogP contribution in [-0.2, 0) is 16.6 Å². The highest BCUT2D eigenvalue weighted by atomic mass is 35.5. The third-order valence-corrected chi connectivity index (χ3v) is 5.49. The molecule has 20 heavy (non-hydrogen) atoms. The summed E-state index contributed by atoms with van der Waals surface area (Å²) in [6.07, 6.45) is 6.95. The number of alkyl halides is 1. The lowest BCUT2D eigenvalue weighted by Gasteiger charge is -2.20. The van der Waals surface area contributed by atoms with Crippen LogP contribution in [0.3, 0.4) is 0 Å². The Morgan fingerprint density at radius 1 is 1.50 bits per heavy atom. The lowest BCUT2D eigenvalue weighted by molar-refractivity contribution is 0.395. The monoisotopic (exact) mass is 319 g/mol. The van der Waals surface area contributed by atoms with E-state index in [1.54, 1.807) is 15.2 Å². The number of nitrogens with zero attached hydrogens (tertiary/aromatic N) is 3. The van der Waals surface area contributed by atoms with E-state index >= 15 is 0 Å². The van der Waals surface area contributed by atoms with E-state index in [-0.39, 0.29) is 0 Å². The molecular formula is C13H22ClN3O2S. The minimum atomic E-state index is -3.41. The summed E-state index contributed by atoms with van der Waals surface area (Å²) in [4.78, 5) is 0.293. The molecule has 0 aliphatic heterocycles. The van der Waals surface area contributed by atoms with Crippen molar-refractivity contribution >= 4 is 21.6 Å². The molecule has 1 aromatic rings. The smallest absolute Gasteiger partial charge is 0.246 e. The van der Waals surface area contributed by atoms with Crippen molar-refractivity contribution in [2.75, 3.05) is 19.0 Å². The zero-order valence-electron chi connectivity index (χ0n) is 11.8. The van der Waals surface area contributed by atoms with Crippen molar-refractivity contribution in [2.45, 2.75) is 44.0 Å². The molecule has 1 aliphatic rings. The molecule has 0 atom stereocenters. The van der Waals surface area contributed by atoms with Gasteiger partial charge in [0.05, 0.1) is 6.20 Å². The molecule has 0 amide bonds. The number of sulfonamides is 1. The summed E-state index contributed by atoms with van der Waals surface area (Å²) in [6, 6.07) is 0. The number of aromatic nitrogens is 2. The molecule has 1 heterocycles. The average Bonchev–Trinajstić information content (AvgIpc) is 3.10. The van der Waals surface area contributed by atoms with Gasteiger partial charge < -0.3 is 0 Å². The van der Waals surface area contributed by atoms with E-state index in [1.165, 1.54) is 6.20 Å². The van der Waals surface area contributed by atoms with Gasteiger partial charge in [-0.1, -0.05) is 6.92 Å². The Bertz CT molecular complexity index is 525. The summed E-state index contributed by atoms with van der Waals surface area (Å²) in [5.41, 5.74) is 0. The van der Waals surface area contributed by atoms with Crippen LogP contribution in [0.25, 0.3) is 0 Å². The van der Waals surface area contributed by atoms with Crippen molar-refractivity contribution in [1.29, 1.82) is 0 Å². The van der Waals surface area contributed by atoms with E-state index in [2.05, 4.69) is 5.10 Å². The summed E-state index contributed by atoms with van der Waals surface area (Å²) in [6.45, 7) is 3.86. The highest BCUT2D eigenvalue weighted by molar-refractivity contribution is 7.89. The summed E-state index contributed by atoms with van der Waals surface area (Å²) in [5, 5.41) is 4.11. The molecule has 1 fully saturated rings. The van der Waals surface area contributed by atoms with Crippen molar-refractivity contribution in [1.82, 2.24) is 14.1 Å². The van der Waals surface area contributed by atoms with Crippen molar-refractivity contribution in [3.63, 3.8) is 0 Å². The Kier molecular flexibility index (Phi) is 5.46. The quantitative estimate of drug-likeness (QED) is 0.656. The molecule has 7 heteroatoms. The predicted octanol–water partition coefficient (Wildman–Crippen LogP) is 2.32. The second kappa shape index (κ2) is 6.91.